The second kappa shape index (κ2) is 7.94. The molecule has 0 spiro atoms. The average molecular weight is 303 g/mol. The number of nitrogens with two attached hydrogens (primary N) is 1. The van der Waals surface area contributed by atoms with E-state index in [9.17, 15) is 9.59 Å². The molecule has 22 heavy (non-hydrogen) atoms. The molecule has 5 nitrogen and oxygen atoms in total. The van der Waals surface area contributed by atoms with Crippen molar-refractivity contribution in [3.63, 3.8) is 0 Å². The van der Waals surface area contributed by atoms with Crippen molar-refractivity contribution < 1.29 is 9.59 Å². The molecule has 0 radical (unpaired) electrons. The van der Waals surface area contributed by atoms with E-state index in [1.54, 1.807) is 4.90 Å². The fourth-order valence-corrected chi connectivity index (χ4v) is 2.82. The van der Waals surface area contributed by atoms with Crippen LogP contribution in [0.4, 0.5) is 0 Å². The summed E-state index contributed by atoms with van der Waals surface area (Å²) in [5, 5.41) is 2.91. The molecular formula is C17H25N3O2. The van der Waals surface area contributed by atoms with Gasteiger partial charge < -0.3 is 16.0 Å². The van der Waals surface area contributed by atoms with Gasteiger partial charge in [0.1, 0.15) is 0 Å². The molecule has 1 heterocycles. The molecule has 2 rings (SSSR count). The number of rotatable bonds is 7. The smallest absolute Gasteiger partial charge is 0.225 e. The molecule has 5 heteroatoms. The van der Waals surface area contributed by atoms with Gasteiger partial charge in [-0.1, -0.05) is 30.3 Å². The topological polar surface area (TPSA) is 75.4 Å². The molecule has 2 unspecified atom stereocenters. The fraction of sp³-hybridized carbons (Fsp3) is 0.529. The van der Waals surface area contributed by atoms with E-state index in [1.807, 2.05) is 37.3 Å². The van der Waals surface area contributed by atoms with E-state index in [-0.39, 0.29) is 23.8 Å². The van der Waals surface area contributed by atoms with Crippen LogP contribution in [0.1, 0.15) is 37.8 Å². The highest BCUT2D eigenvalue weighted by molar-refractivity contribution is 5.89. The Kier molecular flexibility index (Phi) is 5.95. The largest absolute Gasteiger partial charge is 0.356 e. The first-order valence-corrected chi connectivity index (χ1v) is 7.95. The van der Waals surface area contributed by atoms with Crippen molar-refractivity contribution >= 4 is 11.8 Å². The number of amides is 2. The predicted octanol–water partition coefficient (Wildman–Crippen LogP) is 1.45. The van der Waals surface area contributed by atoms with Crippen molar-refractivity contribution in [1.29, 1.82) is 0 Å². The second-order valence-electron chi connectivity index (χ2n) is 5.82. The van der Waals surface area contributed by atoms with Gasteiger partial charge in [-0.25, -0.2) is 0 Å². The van der Waals surface area contributed by atoms with Gasteiger partial charge in [-0.3, -0.25) is 9.59 Å². The third kappa shape index (κ3) is 4.07. The molecule has 120 valence electrons. The summed E-state index contributed by atoms with van der Waals surface area (Å²) in [6.07, 6.45) is 2.09. The molecule has 1 saturated heterocycles. The molecule has 0 aliphatic carbocycles. The first kappa shape index (κ1) is 16.5. The Bertz CT molecular complexity index is 504. The number of likely N-dealkylation sites (tertiary alicyclic amines) is 1. The summed E-state index contributed by atoms with van der Waals surface area (Å²) in [7, 11) is 0. The number of hydrogen-bond acceptors (Lipinski definition) is 3. The van der Waals surface area contributed by atoms with Crippen LogP contribution in [0.15, 0.2) is 30.3 Å². The van der Waals surface area contributed by atoms with E-state index in [1.165, 1.54) is 0 Å². The van der Waals surface area contributed by atoms with Gasteiger partial charge in [0.25, 0.3) is 0 Å². The van der Waals surface area contributed by atoms with Crippen LogP contribution < -0.4 is 11.1 Å². The third-order valence-electron chi connectivity index (χ3n) is 4.21. The Morgan fingerprint density at radius 3 is 2.77 bits per heavy atom. The highest BCUT2D eigenvalue weighted by Gasteiger charge is 2.36. The van der Waals surface area contributed by atoms with Crippen molar-refractivity contribution in [3.05, 3.63) is 35.9 Å². The minimum atomic E-state index is -0.239. The van der Waals surface area contributed by atoms with Crippen LogP contribution in [0, 0.1) is 5.92 Å². The average Bonchev–Trinajstić information content (AvgIpc) is 2.93. The lowest BCUT2D eigenvalue weighted by Gasteiger charge is -2.25. The number of carbonyl (C=O) groups excluding carboxylic acids is 2. The summed E-state index contributed by atoms with van der Waals surface area (Å²) in [5.74, 6) is -0.205. The highest BCUT2D eigenvalue weighted by atomic mass is 16.2. The normalized spacial score (nSPS) is 19.3. The Balaban J connectivity index is 1.89. The molecular weight excluding hydrogens is 278 g/mol. The van der Waals surface area contributed by atoms with Gasteiger partial charge in [0.15, 0.2) is 0 Å². The van der Waals surface area contributed by atoms with Crippen LogP contribution in [0.25, 0.3) is 0 Å². The van der Waals surface area contributed by atoms with Crippen LogP contribution in [0.2, 0.25) is 0 Å². The standard InChI is InChI=1S/C17H25N3O2/c1-13(14-7-3-2-4-8-14)20-12-15(11-16(20)21)17(22)19-10-6-5-9-18/h2-4,7-8,13,15H,5-6,9-12,18H2,1H3,(H,19,22). The van der Waals surface area contributed by atoms with E-state index in [0.29, 0.717) is 26.1 Å². The first-order chi connectivity index (χ1) is 10.6. The monoisotopic (exact) mass is 303 g/mol. The van der Waals surface area contributed by atoms with Crippen LogP contribution in [0.5, 0.6) is 0 Å². The predicted molar refractivity (Wildman–Crippen MR) is 86.0 cm³/mol. The lowest BCUT2D eigenvalue weighted by Crippen LogP contribution is -2.34. The van der Waals surface area contributed by atoms with Gasteiger partial charge in [0.2, 0.25) is 11.8 Å². The van der Waals surface area contributed by atoms with Crippen molar-refractivity contribution in [2.45, 2.75) is 32.2 Å². The number of unbranched alkanes of at least 4 members (excludes halogenated alkanes) is 1. The summed E-state index contributed by atoms with van der Waals surface area (Å²) in [6.45, 7) is 3.78. The SMILES string of the molecule is CC(c1ccccc1)N1CC(C(=O)NCCCCN)CC1=O. The van der Waals surface area contributed by atoms with Crippen molar-refractivity contribution in [2.75, 3.05) is 19.6 Å². The molecule has 1 aromatic carbocycles. The Morgan fingerprint density at radius 2 is 2.09 bits per heavy atom. The maximum Gasteiger partial charge on any atom is 0.225 e. The van der Waals surface area contributed by atoms with E-state index in [2.05, 4.69) is 5.32 Å². The Morgan fingerprint density at radius 1 is 1.36 bits per heavy atom. The number of benzene rings is 1. The quantitative estimate of drug-likeness (QED) is 0.749. The molecule has 0 bridgehead atoms. The fourth-order valence-electron chi connectivity index (χ4n) is 2.82. The minimum Gasteiger partial charge on any atom is -0.356 e. The van der Waals surface area contributed by atoms with Crippen LogP contribution in [-0.2, 0) is 9.59 Å². The molecule has 1 fully saturated rings. The number of carbonyl (C=O) groups is 2. The third-order valence-corrected chi connectivity index (χ3v) is 4.21. The number of nitrogens with zero attached hydrogens (tertiary/aromatic N) is 1. The van der Waals surface area contributed by atoms with E-state index in [4.69, 9.17) is 5.73 Å². The molecule has 3 N–H and O–H groups in total. The van der Waals surface area contributed by atoms with Gasteiger partial charge >= 0.3 is 0 Å². The van der Waals surface area contributed by atoms with Crippen molar-refractivity contribution in [2.24, 2.45) is 11.7 Å². The van der Waals surface area contributed by atoms with E-state index < -0.39 is 0 Å². The van der Waals surface area contributed by atoms with Gasteiger partial charge in [-0.05, 0) is 31.9 Å². The summed E-state index contributed by atoms with van der Waals surface area (Å²) in [5.41, 5.74) is 6.53. The number of nitrogens with one attached hydrogen (secondary N) is 1. The maximum atomic E-state index is 12.2. The summed E-state index contributed by atoms with van der Waals surface area (Å²) >= 11 is 0. The van der Waals surface area contributed by atoms with E-state index >= 15 is 0 Å². The molecule has 0 aromatic heterocycles. The lowest BCUT2D eigenvalue weighted by atomic mass is 10.1. The summed E-state index contributed by atoms with van der Waals surface area (Å²) in [4.78, 5) is 26.2. The zero-order valence-corrected chi connectivity index (χ0v) is 13.1. The summed E-state index contributed by atoms with van der Waals surface area (Å²) < 4.78 is 0. The van der Waals surface area contributed by atoms with Crippen molar-refractivity contribution in [1.82, 2.24) is 10.2 Å². The Hall–Kier alpha value is -1.88. The number of hydrogen-bond donors (Lipinski definition) is 2. The highest BCUT2D eigenvalue weighted by Crippen LogP contribution is 2.28. The first-order valence-electron chi connectivity index (χ1n) is 7.95. The molecule has 1 aliphatic heterocycles. The molecule has 2 atom stereocenters. The molecule has 0 saturated carbocycles. The molecule has 2 amide bonds. The second-order valence-corrected chi connectivity index (χ2v) is 5.82. The van der Waals surface area contributed by atoms with Crippen LogP contribution in [0.3, 0.4) is 0 Å². The van der Waals surface area contributed by atoms with Crippen molar-refractivity contribution in [3.8, 4) is 0 Å². The minimum absolute atomic E-state index is 0.00346. The molecule has 1 aromatic rings. The molecule has 1 aliphatic rings. The van der Waals surface area contributed by atoms with Gasteiger partial charge in [-0.2, -0.15) is 0 Å². The van der Waals surface area contributed by atoms with Crippen LogP contribution in [-0.4, -0.2) is 36.3 Å². The van der Waals surface area contributed by atoms with Crippen LogP contribution >= 0.6 is 0 Å². The van der Waals surface area contributed by atoms with E-state index in [0.717, 1.165) is 18.4 Å². The Labute approximate surface area is 131 Å². The lowest BCUT2D eigenvalue weighted by molar-refractivity contribution is -0.130. The van der Waals surface area contributed by atoms with Gasteiger partial charge in [-0.15, -0.1) is 0 Å². The summed E-state index contributed by atoms with van der Waals surface area (Å²) in [6, 6.07) is 9.92. The zero-order chi connectivity index (χ0) is 15.9. The van der Waals surface area contributed by atoms with Gasteiger partial charge in [0, 0.05) is 19.5 Å². The van der Waals surface area contributed by atoms with Gasteiger partial charge in [0.05, 0.1) is 12.0 Å². The maximum absolute atomic E-state index is 12.2. The zero-order valence-electron chi connectivity index (χ0n) is 13.1.